The molecule has 0 aliphatic heterocycles. The number of hydrogen-bond donors (Lipinski definition) is 3. The van der Waals surface area contributed by atoms with Crippen LogP contribution < -0.4 is 11.1 Å². The van der Waals surface area contributed by atoms with Crippen LogP contribution >= 0.6 is 0 Å². The number of alkyl halides is 3. The molecular weight excluding hydrogens is 325 g/mol. The molecule has 1 aromatic carbocycles. The summed E-state index contributed by atoms with van der Waals surface area (Å²) in [5.74, 6) is -1.61. The van der Waals surface area contributed by atoms with Gasteiger partial charge in [-0.2, -0.15) is 13.2 Å². The first-order chi connectivity index (χ1) is 11.0. The number of nitrogens with one attached hydrogen (secondary N) is 1. The molecular formula is C16H21F3N2O3. The molecule has 24 heavy (non-hydrogen) atoms. The van der Waals surface area contributed by atoms with Gasteiger partial charge < -0.3 is 16.2 Å². The van der Waals surface area contributed by atoms with Crippen LogP contribution in [0, 0.1) is 5.92 Å². The minimum absolute atomic E-state index is 0.0567. The van der Waals surface area contributed by atoms with Gasteiger partial charge in [0, 0.05) is 6.42 Å². The first-order valence-corrected chi connectivity index (χ1v) is 7.44. The number of benzene rings is 1. The molecule has 134 valence electrons. The quantitative estimate of drug-likeness (QED) is 0.700. The third-order valence-corrected chi connectivity index (χ3v) is 3.35. The van der Waals surface area contributed by atoms with Gasteiger partial charge in [-0.3, -0.25) is 9.59 Å². The molecule has 0 unspecified atom stereocenters. The molecule has 5 nitrogen and oxygen atoms in total. The first-order valence-electron chi connectivity index (χ1n) is 7.44. The molecule has 2 atom stereocenters. The van der Waals surface area contributed by atoms with Crippen LogP contribution in [0.25, 0.3) is 0 Å². The van der Waals surface area contributed by atoms with E-state index >= 15 is 0 Å². The lowest BCUT2D eigenvalue weighted by atomic mass is 10.0. The third kappa shape index (κ3) is 6.19. The van der Waals surface area contributed by atoms with Gasteiger partial charge in [0.2, 0.25) is 11.8 Å². The Morgan fingerprint density at radius 3 is 2.42 bits per heavy atom. The van der Waals surface area contributed by atoms with Gasteiger partial charge in [0.05, 0.1) is 5.56 Å². The highest BCUT2D eigenvalue weighted by molar-refractivity contribution is 5.88. The highest BCUT2D eigenvalue weighted by Crippen LogP contribution is 2.29. The fourth-order valence-electron chi connectivity index (χ4n) is 2.15. The fourth-order valence-corrected chi connectivity index (χ4v) is 2.15. The summed E-state index contributed by atoms with van der Waals surface area (Å²) in [4.78, 5) is 23.3. The number of aliphatic hydroxyl groups is 1. The van der Waals surface area contributed by atoms with E-state index in [9.17, 15) is 27.9 Å². The number of hydrogen-bond acceptors (Lipinski definition) is 3. The molecule has 0 aliphatic carbocycles. The molecule has 0 aliphatic rings. The molecule has 1 rings (SSSR count). The number of rotatable bonds is 7. The van der Waals surface area contributed by atoms with Crippen molar-refractivity contribution in [1.82, 2.24) is 5.32 Å². The Kier molecular flexibility index (Phi) is 6.77. The molecule has 4 N–H and O–H groups in total. The Balaban J connectivity index is 2.84. The molecule has 0 heterocycles. The molecule has 0 fully saturated rings. The van der Waals surface area contributed by atoms with E-state index in [1.807, 2.05) is 13.8 Å². The normalized spacial score (nSPS) is 14.3. The maximum atomic E-state index is 12.7. The van der Waals surface area contributed by atoms with Crippen molar-refractivity contribution in [3.8, 4) is 0 Å². The van der Waals surface area contributed by atoms with Crippen molar-refractivity contribution >= 4 is 11.8 Å². The molecule has 0 saturated heterocycles. The molecule has 2 amide bonds. The van der Waals surface area contributed by atoms with Crippen LogP contribution in [-0.4, -0.2) is 29.1 Å². The van der Waals surface area contributed by atoms with E-state index in [0.29, 0.717) is 0 Å². The van der Waals surface area contributed by atoms with Gasteiger partial charge in [-0.25, -0.2) is 0 Å². The number of aliphatic hydroxyl groups excluding tert-OH is 1. The Hall–Kier alpha value is -2.09. The third-order valence-electron chi connectivity index (χ3n) is 3.35. The van der Waals surface area contributed by atoms with Gasteiger partial charge in [-0.15, -0.1) is 0 Å². The zero-order chi connectivity index (χ0) is 18.5. The lowest BCUT2D eigenvalue weighted by Gasteiger charge is -2.19. The summed E-state index contributed by atoms with van der Waals surface area (Å²) in [5.41, 5.74) is 4.55. The fraction of sp³-hybridized carbons (Fsp3) is 0.500. The minimum Gasteiger partial charge on any atom is -0.383 e. The predicted octanol–water partition coefficient (Wildman–Crippen LogP) is 1.62. The van der Waals surface area contributed by atoms with Gasteiger partial charge >= 0.3 is 6.18 Å². The molecule has 0 bridgehead atoms. The standard InChI is InChI=1S/C16H21F3N2O3/c1-9(2)6-13(22)15(24)21-12(14(20)23)8-10-4-3-5-11(7-10)16(17,18)19/h3-5,7,9,12-13,22H,6,8H2,1-2H3,(H2,20,23)(H,21,24)/t12-,13+/m0/s1. The summed E-state index contributed by atoms with van der Waals surface area (Å²) < 4.78 is 38.1. The van der Waals surface area contributed by atoms with Crippen LogP contribution in [-0.2, 0) is 22.2 Å². The van der Waals surface area contributed by atoms with Gasteiger partial charge in [0.25, 0.3) is 0 Å². The smallest absolute Gasteiger partial charge is 0.383 e. The second-order valence-electron chi connectivity index (χ2n) is 6.01. The Morgan fingerprint density at radius 1 is 1.29 bits per heavy atom. The average molecular weight is 346 g/mol. The van der Waals surface area contributed by atoms with Crippen molar-refractivity contribution in [2.24, 2.45) is 11.7 Å². The number of nitrogens with two attached hydrogens (primary N) is 1. The highest BCUT2D eigenvalue weighted by Gasteiger charge is 2.31. The van der Waals surface area contributed by atoms with Crippen LogP contribution in [0.2, 0.25) is 0 Å². The monoisotopic (exact) mass is 346 g/mol. The number of primary amides is 1. The number of carbonyl (C=O) groups excluding carboxylic acids is 2. The van der Waals surface area contributed by atoms with Gasteiger partial charge in [-0.1, -0.05) is 32.0 Å². The van der Waals surface area contributed by atoms with Gasteiger partial charge in [0.1, 0.15) is 12.1 Å². The maximum Gasteiger partial charge on any atom is 0.416 e. The molecule has 0 aromatic heterocycles. The highest BCUT2D eigenvalue weighted by atomic mass is 19.4. The summed E-state index contributed by atoms with van der Waals surface area (Å²) in [5, 5.41) is 12.0. The van der Waals surface area contributed by atoms with E-state index in [1.165, 1.54) is 12.1 Å². The molecule has 0 spiro atoms. The van der Waals surface area contributed by atoms with Crippen molar-refractivity contribution in [3.05, 3.63) is 35.4 Å². The Bertz CT molecular complexity index is 588. The van der Waals surface area contributed by atoms with Crippen molar-refractivity contribution in [1.29, 1.82) is 0 Å². The van der Waals surface area contributed by atoms with Gasteiger partial charge in [0.15, 0.2) is 0 Å². The number of carbonyl (C=O) groups is 2. The zero-order valence-electron chi connectivity index (χ0n) is 13.4. The summed E-state index contributed by atoms with van der Waals surface area (Å²) in [6.45, 7) is 3.62. The maximum absolute atomic E-state index is 12.7. The van der Waals surface area contributed by atoms with E-state index in [2.05, 4.69) is 5.32 Å². The average Bonchev–Trinajstić information content (AvgIpc) is 2.45. The van der Waals surface area contributed by atoms with E-state index < -0.39 is 35.7 Å². The molecule has 0 radical (unpaired) electrons. The minimum atomic E-state index is -4.51. The number of amides is 2. The van der Waals surface area contributed by atoms with Crippen molar-refractivity contribution in [2.45, 2.75) is 45.0 Å². The van der Waals surface area contributed by atoms with Crippen LogP contribution in [0.4, 0.5) is 13.2 Å². The van der Waals surface area contributed by atoms with E-state index in [-0.39, 0.29) is 24.3 Å². The van der Waals surface area contributed by atoms with Crippen molar-refractivity contribution < 1.29 is 27.9 Å². The van der Waals surface area contributed by atoms with Gasteiger partial charge in [-0.05, 0) is 24.0 Å². The zero-order valence-corrected chi connectivity index (χ0v) is 13.4. The molecule has 8 heteroatoms. The van der Waals surface area contributed by atoms with Crippen LogP contribution in [0.5, 0.6) is 0 Å². The lowest BCUT2D eigenvalue weighted by molar-refractivity contribution is -0.137. The summed E-state index contributed by atoms with van der Waals surface area (Å²) in [7, 11) is 0. The van der Waals surface area contributed by atoms with E-state index in [4.69, 9.17) is 5.73 Å². The Labute approximate surface area is 138 Å². The van der Waals surface area contributed by atoms with E-state index in [1.54, 1.807) is 0 Å². The van der Waals surface area contributed by atoms with Crippen molar-refractivity contribution in [3.63, 3.8) is 0 Å². The second-order valence-corrected chi connectivity index (χ2v) is 6.01. The van der Waals surface area contributed by atoms with Crippen LogP contribution in [0.3, 0.4) is 0 Å². The molecule has 1 aromatic rings. The summed E-state index contributed by atoms with van der Waals surface area (Å²) >= 11 is 0. The topological polar surface area (TPSA) is 92.4 Å². The largest absolute Gasteiger partial charge is 0.416 e. The van der Waals surface area contributed by atoms with Crippen LogP contribution in [0.1, 0.15) is 31.4 Å². The second kappa shape index (κ2) is 8.14. The molecule has 0 saturated carbocycles. The van der Waals surface area contributed by atoms with Crippen LogP contribution in [0.15, 0.2) is 24.3 Å². The Morgan fingerprint density at radius 2 is 1.92 bits per heavy atom. The predicted molar refractivity (Wildman–Crippen MR) is 81.7 cm³/mol. The van der Waals surface area contributed by atoms with Crippen molar-refractivity contribution in [2.75, 3.05) is 0 Å². The summed E-state index contributed by atoms with van der Waals surface area (Å²) in [6, 6.07) is 3.22. The summed E-state index contributed by atoms with van der Waals surface area (Å²) in [6.07, 6.45) is -5.82. The lowest BCUT2D eigenvalue weighted by Crippen LogP contribution is -2.49. The SMILES string of the molecule is CC(C)C[C@@H](O)C(=O)N[C@@H](Cc1cccc(C(F)(F)F)c1)C(N)=O. The first kappa shape index (κ1) is 20.0. The van der Waals surface area contributed by atoms with E-state index in [0.717, 1.165) is 12.1 Å². The number of halogens is 3.